The normalized spacial score (nSPS) is 18.2. The summed E-state index contributed by atoms with van der Waals surface area (Å²) < 4.78 is 0. The summed E-state index contributed by atoms with van der Waals surface area (Å²) in [6, 6.07) is 4.17. The summed E-state index contributed by atoms with van der Waals surface area (Å²) in [5, 5.41) is 3.03. The Balaban J connectivity index is 1.82. The third-order valence-corrected chi connectivity index (χ3v) is 5.14. The molecule has 0 radical (unpaired) electrons. The average molecular weight is 280 g/mol. The smallest absolute Gasteiger partial charge is 0.220 e. The summed E-state index contributed by atoms with van der Waals surface area (Å²) in [7, 11) is 0. The van der Waals surface area contributed by atoms with Gasteiger partial charge in [0.1, 0.15) is 0 Å². The predicted molar refractivity (Wildman–Crippen MR) is 80.1 cm³/mol. The van der Waals surface area contributed by atoms with Crippen molar-refractivity contribution in [3.8, 4) is 0 Å². The molecule has 3 nitrogen and oxygen atoms in total. The van der Waals surface area contributed by atoms with Gasteiger partial charge < -0.3 is 11.1 Å². The number of rotatable bonds is 5. The number of hydrogen-bond acceptors (Lipinski definition) is 3. The monoisotopic (exact) mass is 280 g/mol. The van der Waals surface area contributed by atoms with Crippen molar-refractivity contribution in [3.63, 3.8) is 0 Å². The minimum Gasteiger partial charge on any atom is -0.351 e. The largest absolute Gasteiger partial charge is 0.351 e. The lowest BCUT2D eigenvalue weighted by atomic mass is 9.71. The molecule has 0 saturated heterocycles. The van der Waals surface area contributed by atoms with Crippen LogP contribution >= 0.6 is 11.3 Å². The van der Waals surface area contributed by atoms with Crippen LogP contribution in [0, 0.1) is 12.3 Å². The molecule has 1 heterocycles. The zero-order chi connectivity index (χ0) is 13.7. The molecule has 1 aromatic rings. The van der Waals surface area contributed by atoms with Gasteiger partial charge in [-0.1, -0.05) is 19.3 Å². The topological polar surface area (TPSA) is 55.1 Å². The van der Waals surface area contributed by atoms with Crippen LogP contribution in [-0.2, 0) is 11.3 Å². The van der Waals surface area contributed by atoms with Gasteiger partial charge in [-0.15, -0.1) is 11.3 Å². The van der Waals surface area contributed by atoms with Gasteiger partial charge in [-0.3, -0.25) is 4.79 Å². The van der Waals surface area contributed by atoms with Crippen LogP contribution in [0.1, 0.15) is 48.3 Å². The van der Waals surface area contributed by atoms with Gasteiger partial charge in [0.25, 0.3) is 0 Å². The molecule has 19 heavy (non-hydrogen) atoms. The van der Waals surface area contributed by atoms with E-state index in [2.05, 4.69) is 24.4 Å². The zero-order valence-electron chi connectivity index (χ0n) is 11.7. The van der Waals surface area contributed by atoms with Gasteiger partial charge in [-0.05, 0) is 43.9 Å². The van der Waals surface area contributed by atoms with Gasteiger partial charge in [-0.2, -0.15) is 0 Å². The number of thiophene rings is 1. The highest BCUT2D eigenvalue weighted by Crippen LogP contribution is 2.38. The third kappa shape index (κ3) is 4.05. The Morgan fingerprint density at radius 2 is 2.11 bits per heavy atom. The second-order valence-corrected chi connectivity index (χ2v) is 7.10. The Morgan fingerprint density at radius 3 is 2.68 bits per heavy atom. The maximum absolute atomic E-state index is 12.1. The maximum Gasteiger partial charge on any atom is 0.220 e. The minimum absolute atomic E-state index is 0.0632. The first-order chi connectivity index (χ1) is 9.13. The molecular formula is C15H24N2OS. The van der Waals surface area contributed by atoms with Gasteiger partial charge in [0.2, 0.25) is 5.91 Å². The fourth-order valence-corrected chi connectivity index (χ4v) is 3.75. The number of carbonyl (C=O) groups is 1. The number of nitrogens with one attached hydrogen (secondary N) is 1. The lowest BCUT2D eigenvalue weighted by Crippen LogP contribution is -2.38. The highest BCUT2D eigenvalue weighted by molar-refractivity contribution is 7.11. The highest BCUT2D eigenvalue weighted by Gasteiger charge is 2.32. The first-order valence-corrected chi connectivity index (χ1v) is 7.97. The molecular weight excluding hydrogens is 256 g/mol. The van der Waals surface area contributed by atoms with Crippen LogP contribution in [0.4, 0.5) is 0 Å². The van der Waals surface area contributed by atoms with E-state index in [9.17, 15) is 4.79 Å². The molecule has 0 spiro atoms. The molecule has 0 aromatic carbocycles. The quantitative estimate of drug-likeness (QED) is 0.871. The Kier molecular flexibility index (Phi) is 4.99. The fraction of sp³-hybridized carbons (Fsp3) is 0.667. The van der Waals surface area contributed by atoms with Crippen LogP contribution in [0.15, 0.2) is 12.1 Å². The summed E-state index contributed by atoms with van der Waals surface area (Å²) in [4.78, 5) is 14.6. The third-order valence-electron chi connectivity index (χ3n) is 4.14. The van der Waals surface area contributed by atoms with Crippen molar-refractivity contribution < 1.29 is 4.79 Å². The second kappa shape index (κ2) is 6.53. The first kappa shape index (κ1) is 14.5. The molecule has 1 saturated carbocycles. The number of nitrogens with two attached hydrogens (primary N) is 1. The number of carbonyl (C=O) groups excluding carboxylic acids is 1. The van der Waals surface area contributed by atoms with Crippen LogP contribution < -0.4 is 11.1 Å². The summed E-state index contributed by atoms with van der Waals surface area (Å²) in [6.07, 6.45) is 6.53. The standard InChI is InChI=1S/C15H24N2OS/c1-12-5-6-13(19-12)10-17-14(18)9-15(11-16)7-3-2-4-8-15/h5-6H,2-4,7-11,16H2,1H3,(H,17,18). The van der Waals surface area contributed by atoms with E-state index in [0.717, 1.165) is 12.8 Å². The van der Waals surface area contributed by atoms with Crippen molar-refractivity contribution in [2.24, 2.45) is 11.1 Å². The molecule has 0 bridgehead atoms. The molecule has 1 aliphatic rings. The van der Waals surface area contributed by atoms with E-state index >= 15 is 0 Å². The van der Waals surface area contributed by atoms with E-state index < -0.39 is 0 Å². The van der Waals surface area contributed by atoms with E-state index in [1.165, 1.54) is 29.0 Å². The SMILES string of the molecule is Cc1ccc(CNC(=O)CC2(CN)CCCCC2)s1. The van der Waals surface area contributed by atoms with Gasteiger partial charge in [0.15, 0.2) is 0 Å². The molecule has 1 amide bonds. The van der Waals surface area contributed by atoms with E-state index in [1.54, 1.807) is 11.3 Å². The molecule has 106 valence electrons. The Morgan fingerprint density at radius 1 is 1.37 bits per heavy atom. The summed E-state index contributed by atoms with van der Waals surface area (Å²) in [5.74, 6) is 0.151. The van der Waals surface area contributed by atoms with Crippen molar-refractivity contribution in [3.05, 3.63) is 21.9 Å². The lowest BCUT2D eigenvalue weighted by molar-refractivity contribution is -0.124. The van der Waals surface area contributed by atoms with Gasteiger partial charge in [-0.25, -0.2) is 0 Å². The summed E-state index contributed by atoms with van der Waals surface area (Å²) in [5.41, 5.74) is 5.98. The number of hydrogen-bond donors (Lipinski definition) is 2. The number of amides is 1. The van der Waals surface area contributed by atoms with Crippen molar-refractivity contribution in [2.75, 3.05) is 6.54 Å². The van der Waals surface area contributed by atoms with Crippen LogP contribution in [0.5, 0.6) is 0 Å². The van der Waals surface area contributed by atoms with Gasteiger partial charge in [0.05, 0.1) is 6.54 Å². The molecule has 4 heteroatoms. The van der Waals surface area contributed by atoms with E-state index in [-0.39, 0.29) is 11.3 Å². The van der Waals surface area contributed by atoms with Crippen LogP contribution in [0.25, 0.3) is 0 Å². The van der Waals surface area contributed by atoms with Crippen LogP contribution in [0.2, 0.25) is 0 Å². The van der Waals surface area contributed by atoms with Crippen molar-refractivity contribution in [2.45, 2.75) is 52.0 Å². The molecule has 2 rings (SSSR count). The van der Waals surface area contributed by atoms with Crippen molar-refractivity contribution in [1.82, 2.24) is 5.32 Å². The van der Waals surface area contributed by atoms with E-state index in [0.29, 0.717) is 19.5 Å². The number of aryl methyl sites for hydroxylation is 1. The van der Waals surface area contributed by atoms with Crippen molar-refractivity contribution in [1.29, 1.82) is 0 Å². The first-order valence-electron chi connectivity index (χ1n) is 7.16. The van der Waals surface area contributed by atoms with Gasteiger partial charge >= 0.3 is 0 Å². The average Bonchev–Trinajstić information content (AvgIpc) is 2.83. The summed E-state index contributed by atoms with van der Waals surface area (Å²) >= 11 is 1.74. The fourth-order valence-electron chi connectivity index (χ4n) is 2.92. The van der Waals surface area contributed by atoms with Crippen LogP contribution in [-0.4, -0.2) is 12.5 Å². The molecule has 1 aliphatic carbocycles. The molecule has 0 atom stereocenters. The molecule has 0 unspecified atom stereocenters. The highest BCUT2D eigenvalue weighted by atomic mass is 32.1. The zero-order valence-corrected chi connectivity index (χ0v) is 12.5. The predicted octanol–water partition coefficient (Wildman–Crippen LogP) is 2.97. The summed E-state index contributed by atoms with van der Waals surface area (Å²) in [6.45, 7) is 3.37. The van der Waals surface area contributed by atoms with E-state index in [1.807, 2.05) is 0 Å². The molecule has 0 aliphatic heterocycles. The molecule has 1 fully saturated rings. The lowest BCUT2D eigenvalue weighted by Gasteiger charge is -2.35. The minimum atomic E-state index is 0.0632. The molecule has 3 N–H and O–H groups in total. The van der Waals surface area contributed by atoms with Gasteiger partial charge in [0, 0.05) is 16.2 Å². The van der Waals surface area contributed by atoms with E-state index in [4.69, 9.17) is 5.73 Å². The Bertz CT molecular complexity index is 422. The maximum atomic E-state index is 12.1. The Hall–Kier alpha value is -0.870. The Labute approximate surface area is 119 Å². The molecule has 1 aromatic heterocycles. The van der Waals surface area contributed by atoms with Crippen molar-refractivity contribution >= 4 is 17.2 Å². The second-order valence-electron chi connectivity index (χ2n) is 5.73. The van der Waals surface area contributed by atoms with Crippen LogP contribution in [0.3, 0.4) is 0 Å².